The van der Waals surface area contributed by atoms with Crippen molar-refractivity contribution in [2.45, 2.75) is 13.5 Å². The topological polar surface area (TPSA) is 59.1 Å². The lowest BCUT2D eigenvalue weighted by molar-refractivity contribution is 0.178. The van der Waals surface area contributed by atoms with E-state index in [0.717, 1.165) is 12.2 Å². The Morgan fingerprint density at radius 3 is 2.67 bits per heavy atom. The largest absolute Gasteiger partial charge is 0.377 e. The normalized spacial score (nSPS) is 10.5. The van der Waals surface area contributed by atoms with Crippen molar-refractivity contribution in [3.63, 3.8) is 0 Å². The molecular formula is C14H16BrFN4O. The van der Waals surface area contributed by atoms with Crippen LogP contribution in [0.1, 0.15) is 12.7 Å². The lowest BCUT2D eigenvalue weighted by Crippen LogP contribution is -2.06. The highest BCUT2D eigenvalue weighted by molar-refractivity contribution is 9.10. The zero-order valence-corrected chi connectivity index (χ0v) is 13.4. The molecule has 112 valence electrons. The lowest BCUT2D eigenvalue weighted by Gasteiger charge is -2.11. The molecule has 0 aliphatic rings. The Morgan fingerprint density at radius 2 is 2.00 bits per heavy atom. The highest BCUT2D eigenvalue weighted by atomic mass is 79.9. The molecule has 0 saturated carbocycles. The fourth-order valence-corrected chi connectivity index (χ4v) is 2.13. The van der Waals surface area contributed by atoms with Crippen LogP contribution in [0.2, 0.25) is 0 Å². The third-order valence-electron chi connectivity index (χ3n) is 2.60. The predicted molar refractivity (Wildman–Crippen MR) is 84.3 cm³/mol. The SMILES string of the molecule is CCNc1cc(Nc2ccc(F)c(Br)c2)nc(COC)n1. The first-order chi connectivity index (χ1) is 10.1. The van der Waals surface area contributed by atoms with E-state index in [4.69, 9.17) is 4.74 Å². The van der Waals surface area contributed by atoms with Gasteiger partial charge in [-0.15, -0.1) is 0 Å². The second-order valence-corrected chi connectivity index (χ2v) is 5.13. The number of benzene rings is 1. The minimum atomic E-state index is -0.309. The fourth-order valence-electron chi connectivity index (χ4n) is 1.75. The molecule has 7 heteroatoms. The van der Waals surface area contributed by atoms with Gasteiger partial charge in [0.2, 0.25) is 0 Å². The summed E-state index contributed by atoms with van der Waals surface area (Å²) in [7, 11) is 1.59. The van der Waals surface area contributed by atoms with Crippen LogP contribution in [0.15, 0.2) is 28.7 Å². The number of hydrogen-bond acceptors (Lipinski definition) is 5. The molecule has 0 amide bonds. The van der Waals surface area contributed by atoms with Crippen LogP contribution in [0.25, 0.3) is 0 Å². The van der Waals surface area contributed by atoms with Crippen molar-refractivity contribution in [1.29, 1.82) is 0 Å². The van der Waals surface area contributed by atoms with E-state index in [0.29, 0.717) is 28.5 Å². The van der Waals surface area contributed by atoms with E-state index in [-0.39, 0.29) is 5.82 Å². The summed E-state index contributed by atoms with van der Waals surface area (Å²) < 4.78 is 18.7. The summed E-state index contributed by atoms with van der Waals surface area (Å²) in [6, 6.07) is 6.47. The van der Waals surface area contributed by atoms with E-state index in [1.54, 1.807) is 25.3 Å². The number of anilines is 3. The lowest BCUT2D eigenvalue weighted by atomic mass is 10.3. The first-order valence-corrected chi connectivity index (χ1v) is 7.24. The van der Waals surface area contributed by atoms with Crippen molar-refractivity contribution in [2.75, 3.05) is 24.3 Å². The second-order valence-electron chi connectivity index (χ2n) is 4.27. The number of methoxy groups -OCH3 is 1. The van der Waals surface area contributed by atoms with E-state index in [1.165, 1.54) is 6.07 Å². The Labute approximate surface area is 131 Å². The molecule has 0 radical (unpaired) electrons. The second kappa shape index (κ2) is 7.33. The molecule has 0 bridgehead atoms. The van der Waals surface area contributed by atoms with Crippen LogP contribution in [0.5, 0.6) is 0 Å². The number of aromatic nitrogens is 2. The molecule has 1 aromatic carbocycles. The summed E-state index contributed by atoms with van der Waals surface area (Å²) in [6.07, 6.45) is 0. The smallest absolute Gasteiger partial charge is 0.158 e. The van der Waals surface area contributed by atoms with Crippen molar-refractivity contribution < 1.29 is 9.13 Å². The van der Waals surface area contributed by atoms with E-state index >= 15 is 0 Å². The maximum Gasteiger partial charge on any atom is 0.158 e. The molecule has 0 unspecified atom stereocenters. The van der Waals surface area contributed by atoms with E-state index < -0.39 is 0 Å². The summed E-state index contributed by atoms with van der Waals surface area (Å²) >= 11 is 3.16. The zero-order valence-electron chi connectivity index (χ0n) is 11.8. The Hall–Kier alpha value is -1.73. The molecule has 0 spiro atoms. The minimum absolute atomic E-state index is 0.309. The first-order valence-electron chi connectivity index (χ1n) is 6.45. The Kier molecular flexibility index (Phi) is 5.46. The number of hydrogen-bond donors (Lipinski definition) is 2. The Balaban J connectivity index is 2.26. The Bertz CT molecular complexity index is 600. The summed E-state index contributed by atoms with van der Waals surface area (Å²) in [4.78, 5) is 8.69. The molecule has 1 heterocycles. The molecule has 21 heavy (non-hydrogen) atoms. The number of rotatable bonds is 6. The van der Waals surface area contributed by atoms with Crippen LogP contribution in [0, 0.1) is 5.82 Å². The van der Waals surface area contributed by atoms with Gasteiger partial charge in [-0.2, -0.15) is 0 Å². The minimum Gasteiger partial charge on any atom is -0.377 e. The van der Waals surface area contributed by atoms with Gasteiger partial charge in [-0.1, -0.05) is 0 Å². The maximum absolute atomic E-state index is 13.2. The van der Waals surface area contributed by atoms with Crippen molar-refractivity contribution >= 4 is 33.3 Å². The van der Waals surface area contributed by atoms with Crippen molar-refractivity contribution in [2.24, 2.45) is 0 Å². The Morgan fingerprint density at radius 1 is 1.24 bits per heavy atom. The van der Waals surface area contributed by atoms with Gasteiger partial charge >= 0.3 is 0 Å². The van der Waals surface area contributed by atoms with Crippen LogP contribution in [-0.2, 0) is 11.3 Å². The van der Waals surface area contributed by atoms with Gasteiger partial charge in [0.1, 0.15) is 24.1 Å². The van der Waals surface area contributed by atoms with Gasteiger partial charge in [0.25, 0.3) is 0 Å². The molecule has 0 saturated heterocycles. The quantitative estimate of drug-likeness (QED) is 0.828. The van der Waals surface area contributed by atoms with Crippen LogP contribution >= 0.6 is 15.9 Å². The van der Waals surface area contributed by atoms with Gasteiger partial charge in [0.05, 0.1) is 4.47 Å². The molecular weight excluding hydrogens is 339 g/mol. The van der Waals surface area contributed by atoms with E-state index in [9.17, 15) is 4.39 Å². The summed E-state index contributed by atoms with van der Waals surface area (Å²) in [5.74, 6) is 1.59. The monoisotopic (exact) mass is 354 g/mol. The van der Waals surface area contributed by atoms with Crippen molar-refractivity contribution in [3.05, 3.63) is 40.4 Å². The average Bonchev–Trinajstić information content (AvgIpc) is 2.43. The summed E-state index contributed by atoms with van der Waals surface area (Å²) in [5, 5.41) is 6.26. The molecule has 0 atom stereocenters. The van der Waals surface area contributed by atoms with Crippen LogP contribution in [0.3, 0.4) is 0 Å². The maximum atomic E-state index is 13.2. The predicted octanol–water partition coefficient (Wildman–Crippen LogP) is 3.70. The molecule has 0 aliphatic carbocycles. The highest BCUT2D eigenvalue weighted by Gasteiger charge is 2.06. The van der Waals surface area contributed by atoms with Gasteiger partial charge in [-0.25, -0.2) is 14.4 Å². The van der Waals surface area contributed by atoms with Gasteiger partial charge in [-0.3, -0.25) is 0 Å². The fraction of sp³-hybridized carbons (Fsp3) is 0.286. The number of nitrogens with zero attached hydrogens (tertiary/aromatic N) is 2. The summed E-state index contributed by atoms with van der Waals surface area (Å²) in [6.45, 7) is 3.06. The standard InChI is InChI=1S/C14H16BrFN4O/c1-3-17-12-7-13(20-14(19-12)8-21-2)18-9-4-5-11(16)10(15)6-9/h4-7H,3,8H2,1-2H3,(H2,17,18,19,20). The van der Waals surface area contributed by atoms with Crippen molar-refractivity contribution in [3.8, 4) is 0 Å². The van der Waals surface area contributed by atoms with Gasteiger partial charge < -0.3 is 15.4 Å². The molecule has 2 rings (SSSR count). The third-order valence-corrected chi connectivity index (χ3v) is 3.20. The van der Waals surface area contributed by atoms with Gasteiger partial charge in [0, 0.05) is 25.4 Å². The first kappa shape index (κ1) is 15.7. The van der Waals surface area contributed by atoms with Crippen LogP contribution < -0.4 is 10.6 Å². The van der Waals surface area contributed by atoms with E-state index in [1.807, 2.05) is 6.92 Å². The highest BCUT2D eigenvalue weighted by Crippen LogP contribution is 2.23. The number of ether oxygens (including phenoxy) is 1. The number of nitrogens with one attached hydrogen (secondary N) is 2. The third kappa shape index (κ3) is 4.37. The number of halogens is 2. The van der Waals surface area contributed by atoms with Crippen LogP contribution in [-0.4, -0.2) is 23.6 Å². The molecule has 2 aromatic rings. The molecule has 2 N–H and O–H groups in total. The van der Waals surface area contributed by atoms with Gasteiger partial charge in [-0.05, 0) is 41.1 Å². The van der Waals surface area contributed by atoms with Crippen molar-refractivity contribution in [1.82, 2.24) is 9.97 Å². The average molecular weight is 355 g/mol. The molecule has 1 aromatic heterocycles. The zero-order chi connectivity index (χ0) is 15.2. The van der Waals surface area contributed by atoms with E-state index in [2.05, 4.69) is 36.5 Å². The summed E-state index contributed by atoms with van der Waals surface area (Å²) in [5.41, 5.74) is 0.729. The van der Waals surface area contributed by atoms with Crippen LogP contribution in [0.4, 0.5) is 21.7 Å². The van der Waals surface area contributed by atoms with Gasteiger partial charge in [0.15, 0.2) is 5.82 Å². The molecule has 0 fully saturated rings. The molecule has 0 aliphatic heterocycles. The molecule has 5 nitrogen and oxygen atoms in total.